The van der Waals surface area contributed by atoms with Gasteiger partial charge in [0.15, 0.2) is 0 Å². The first kappa shape index (κ1) is 27.4. The molecule has 2 amide bonds. The third kappa shape index (κ3) is 12.3. The number of hydrogen-bond acceptors (Lipinski definition) is 5. The van der Waals surface area contributed by atoms with Crippen LogP contribution in [0.4, 0.5) is 0 Å². The molecule has 0 aromatic heterocycles. The molecule has 1 heterocycles. The van der Waals surface area contributed by atoms with E-state index in [4.69, 9.17) is 0 Å². The van der Waals surface area contributed by atoms with Crippen LogP contribution in [0.5, 0.6) is 0 Å². The molecule has 3 fully saturated rings. The number of nitrogens with one attached hydrogen (secondary N) is 2. The predicted molar refractivity (Wildman–Crippen MR) is 113 cm³/mol. The van der Waals surface area contributed by atoms with Crippen molar-refractivity contribution >= 4 is 11.8 Å². The molecule has 0 unspecified atom stereocenters. The molecule has 30 heavy (non-hydrogen) atoms. The van der Waals surface area contributed by atoms with E-state index in [1.807, 2.05) is 44.9 Å². The maximum atomic E-state index is 11.8. The van der Waals surface area contributed by atoms with Gasteiger partial charge in [0.25, 0.3) is 0 Å². The van der Waals surface area contributed by atoms with Crippen molar-refractivity contribution in [3.05, 3.63) is 63.7 Å². The van der Waals surface area contributed by atoms with Crippen LogP contribution >= 0.6 is 0 Å². The van der Waals surface area contributed by atoms with Crippen LogP contribution < -0.4 is 10.6 Å². The van der Waals surface area contributed by atoms with Gasteiger partial charge in [-0.25, -0.2) is 0 Å². The second kappa shape index (κ2) is 17.0. The Bertz CT molecular complexity index is 464. The van der Waals surface area contributed by atoms with Gasteiger partial charge in [-0.1, -0.05) is 0 Å². The fraction of sp³-hybridized carbons (Fsp3) is 0.455. The molecular weight excluding hydrogens is 424 g/mol. The van der Waals surface area contributed by atoms with Gasteiger partial charge in [0.05, 0.1) is 6.61 Å². The second-order valence-corrected chi connectivity index (χ2v) is 6.97. The van der Waals surface area contributed by atoms with Crippen LogP contribution in [0.3, 0.4) is 0 Å². The molecule has 3 aliphatic rings. The second-order valence-electron chi connectivity index (χ2n) is 6.97. The van der Waals surface area contributed by atoms with Crippen molar-refractivity contribution in [2.75, 3.05) is 59.0 Å². The number of hydrogen-bond donors (Lipinski definition) is 3. The summed E-state index contributed by atoms with van der Waals surface area (Å²) in [5.74, 6) is 0.743. The van der Waals surface area contributed by atoms with E-state index in [0.717, 1.165) is 26.2 Å². The zero-order chi connectivity index (χ0) is 20.7. The standard InChI is InChI=1S/C17H27N4O3.C5H5.Fe/c22-12-11-20-7-5-18-16(23)13-17(24)19-6-8-21(10-9-20)14-15-3-1-2-4-15;1-2-4-5-3-1;/h1-4,22H,5-14H2,(H,18,23)(H,19,24);1-5H;/q;;+2. The number of carbonyl (C=O) groups excluding carboxylic acids is 2. The largest absolute Gasteiger partial charge is 2.00 e. The molecular formula is C22H32FeN4O3+2. The van der Waals surface area contributed by atoms with E-state index in [0.29, 0.717) is 26.2 Å². The van der Waals surface area contributed by atoms with Gasteiger partial charge in [0.2, 0.25) is 11.8 Å². The zero-order valence-electron chi connectivity index (χ0n) is 17.3. The molecule has 0 spiro atoms. The molecule has 3 rings (SSSR count). The predicted octanol–water partition coefficient (Wildman–Crippen LogP) is -0.357. The molecule has 8 heteroatoms. The van der Waals surface area contributed by atoms with E-state index in [-0.39, 0.29) is 41.9 Å². The molecule has 10 radical (unpaired) electrons. The van der Waals surface area contributed by atoms with Gasteiger partial charge in [-0.15, -0.1) is 0 Å². The number of carbonyl (C=O) groups is 2. The van der Waals surface area contributed by atoms with E-state index in [2.05, 4.69) is 33.3 Å². The van der Waals surface area contributed by atoms with E-state index < -0.39 is 0 Å². The molecule has 2 aliphatic carbocycles. The average Bonchev–Trinajstić information content (AvgIpc) is 3.41. The minimum atomic E-state index is -0.260. The topological polar surface area (TPSA) is 84.9 Å². The molecule has 2 saturated carbocycles. The summed E-state index contributed by atoms with van der Waals surface area (Å²) in [7, 11) is 0. The van der Waals surface area contributed by atoms with Gasteiger partial charge < -0.3 is 15.7 Å². The summed E-state index contributed by atoms with van der Waals surface area (Å²) >= 11 is 0. The first-order valence-corrected chi connectivity index (χ1v) is 10.1. The van der Waals surface area contributed by atoms with Gasteiger partial charge in [-0.3, -0.25) is 19.4 Å². The molecule has 1 saturated heterocycles. The number of rotatable bonds is 4. The van der Waals surface area contributed by atoms with Gasteiger partial charge in [0.1, 0.15) is 6.42 Å². The van der Waals surface area contributed by atoms with Crippen molar-refractivity contribution in [1.82, 2.24) is 20.4 Å². The molecule has 0 atom stereocenters. The van der Waals surface area contributed by atoms with Crippen LogP contribution in [-0.2, 0) is 26.7 Å². The Balaban J connectivity index is 0.000000655. The molecule has 1 aliphatic heterocycles. The third-order valence-electron chi connectivity index (χ3n) is 4.66. The number of aliphatic hydroxyl groups is 1. The van der Waals surface area contributed by atoms with Gasteiger partial charge >= 0.3 is 17.1 Å². The fourth-order valence-electron chi connectivity index (χ4n) is 3.11. The molecule has 0 aromatic carbocycles. The van der Waals surface area contributed by atoms with E-state index in [1.54, 1.807) is 0 Å². The van der Waals surface area contributed by atoms with Gasteiger partial charge in [-0.2, -0.15) is 0 Å². The van der Waals surface area contributed by atoms with Crippen molar-refractivity contribution in [2.45, 2.75) is 6.42 Å². The Morgan fingerprint density at radius 3 is 1.80 bits per heavy atom. The van der Waals surface area contributed by atoms with Crippen molar-refractivity contribution in [1.29, 1.82) is 0 Å². The Morgan fingerprint density at radius 1 is 0.767 bits per heavy atom. The summed E-state index contributed by atoms with van der Waals surface area (Å²) in [5.41, 5.74) is 0. The number of amides is 2. The van der Waals surface area contributed by atoms with Crippen molar-refractivity contribution in [3.8, 4) is 0 Å². The van der Waals surface area contributed by atoms with Crippen LogP contribution in [0.15, 0.2) is 0 Å². The van der Waals surface area contributed by atoms with E-state index in [9.17, 15) is 14.7 Å². The fourth-order valence-corrected chi connectivity index (χ4v) is 3.11. The smallest absolute Gasteiger partial charge is 0.395 e. The summed E-state index contributed by atoms with van der Waals surface area (Å²) in [6, 6.07) is 0. The Morgan fingerprint density at radius 2 is 1.27 bits per heavy atom. The van der Waals surface area contributed by atoms with Crippen molar-refractivity contribution in [3.63, 3.8) is 0 Å². The summed E-state index contributed by atoms with van der Waals surface area (Å²) in [6.07, 6.45) is 18.1. The van der Waals surface area contributed by atoms with Crippen LogP contribution in [0, 0.1) is 63.7 Å². The van der Waals surface area contributed by atoms with E-state index in [1.165, 1.54) is 5.92 Å². The molecule has 0 bridgehead atoms. The molecule has 0 aromatic rings. The Hall–Kier alpha value is -0.661. The SMILES string of the molecule is O=C1CC(=O)NCCN(C[C]2[CH][CH][CH][CH]2)CCN(CCO)CCN1.[CH]1[CH][CH][CH][CH]1.[Fe+2]. The Kier molecular flexibility index (Phi) is 15.5. The minimum absolute atomic E-state index is 0. The first-order valence-electron chi connectivity index (χ1n) is 10.1. The average molecular weight is 456 g/mol. The molecule has 164 valence electrons. The number of nitrogens with zero attached hydrogens (tertiary/aromatic N) is 2. The van der Waals surface area contributed by atoms with Crippen LogP contribution in [0.2, 0.25) is 0 Å². The summed E-state index contributed by atoms with van der Waals surface area (Å²) < 4.78 is 0. The monoisotopic (exact) mass is 456 g/mol. The normalized spacial score (nSPS) is 23.1. The first-order chi connectivity index (χ1) is 14.2. The maximum Gasteiger partial charge on any atom is 2.00 e. The summed E-state index contributed by atoms with van der Waals surface area (Å²) in [6.45, 7) is 5.55. The third-order valence-corrected chi connectivity index (χ3v) is 4.66. The summed E-state index contributed by atoms with van der Waals surface area (Å²) in [4.78, 5) is 27.9. The number of aliphatic hydroxyl groups excluding tert-OH is 1. The van der Waals surface area contributed by atoms with Gasteiger partial charge in [0, 0.05) is 52.4 Å². The Labute approximate surface area is 193 Å². The van der Waals surface area contributed by atoms with E-state index >= 15 is 0 Å². The minimum Gasteiger partial charge on any atom is -0.395 e. The van der Waals surface area contributed by atoms with Crippen LogP contribution in [0.25, 0.3) is 0 Å². The number of β-amino-alcohol motifs (C(OH)–C–C–N with tert-alkyl or cyclic N) is 1. The zero-order valence-corrected chi connectivity index (χ0v) is 18.4. The maximum absolute atomic E-state index is 11.8. The van der Waals surface area contributed by atoms with Gasteiger partial charge in [-0.05, 0) is 63.7 Å². The quantitative estimate of drug-likeness (QED) is 0.398. The van der Waals surface area contributed by atoms with Crippen LogP contribution in [0.1, 0.15) is 6.42 Å². The van der Waals surface area contributed by atoms with Crippen LogP contribution in [-0.4, -0.2) is 85.7 Å². The summed E-state index contributed by atoms with van der Waals surface area (Å²) in [5, 5.41) is 14.8. The van der Waals surface area contributed by atoms with Crippen molar-refractivity contribution < 1.29 is 31.8 Å². The molecule has 3 N–H and O–H groups in total. The van der Waals surface area contributed by atoms with Crippen molar-refractivity contribution in [2.24, 2.45) is 0 Å². The molecule has 7 nitrogen and oxygen atoms in total.